The Morgan fingerprint density at radius 2 is 2.00 bits per heavy atom. The normalized spacial score (nSPS) is 20.4. The molecule has 2 rings (SSSR count). The first-order valence-electron chi connectivity index (χ1n) is 7.88. The van der Waals surface area contributed by atoms with Gasteiger partial charge in [-0.3, -0.25) is 4.79 Å². The van der Waals surface area contributed by atoms with E-state index in [1.807, 2.05) is 13.8 Å². The smallest absolute Gasteiger partial charge is 0.321 e. The number of carboxylic acids is 1. The number of piperidine rings is 1. The highest BCUT2D eigenvalue weighted by Gasteiger charge is 2.33. The Kier molecular flexibility index (Phi) is 5.54. The Morgan fingerprint density at radius 3 is 2.54 bits per heavy atom. The highest BCUT2D eigenvalue weighted by atomic mass is 16.5. The molecule has 7 nitrogen and oxygen atoms in total. The second kappa shape index (κ2) is 7.42. The van der Waals surface area contributed by atoms with E-state index in [0.29, 0.717) is 36.7 Å². The van der Waals surface area contributed by atoms with Crippen molar-refractivity contribution in [3.8, 4) is 11.5 Å². The van der Waals surface area contributed by atoms with Crippen molar-refractivity contribution in [1.29, 1.82) is 0 Å². The minimum Gasteiger partial charge on any atom is -0.497 e. The zero-order chi connectivity index (χ0) is 17.9. The number of carbonyl (C=O) groups excluding carboxylic acids is 1. The summed E-state index contributed by atoms with van der Waals surface area (Å²) in [7, 11) is 3.11. The molecular weight excluding hydrogens is 312 g/mol. The molecule has 0 spiro atoms. The van der Waals surface area contributed by atoms with Crippen LogP contribution in [0.5, 0.6) is 11.5 Å². The predicted molar refractivity (Wildman–Crippen MR) is 89.8 cm³/mol. The van der Waals surface area contributed by atoms with Gasteiger partial charge in [-0.25, -0.2) is 4.79 Å². The molecule has 1 saturated heterocycles. The van der Waals surface area contributed by atoms with E-state index in [4.69, 9.17) is 9.47 Å². The molecule has 0 bridgehead atoms. The monoisotopic (exact) mass is 336 g/mol. The highest BCUT2D eigenvalue weighted by molar-refractivity contribution is 5.91. The number of rotatable bonds is 4. The van der Waals surface area contributed by atoms with Crippen LogP contribution in [0.25, 0.3) is 0 Å². The number of hydrogen-bond acceptors (Lipinski definition) is 4. The van der Waals surface area contributed by atoms with Crippen molar-refractivity contribution in [1.82, 2.24) is 4.90 Å². The molecule has 1 aromatic rings. The summed E-state index contributed by atoms with van der Waals surface area (Å²) in [4.78, 5) is 25.3. The van der Waals surface area contributed by atoms with Crippen LogP contribution in [0.15, 0.2) is 12.1 Å². The molecule has 7 heteroatoms. The number of urea groups is 1. The lowest BCUT2D eigenvalue weighted by Crippen LogP contribution is -2.46. The molecule has 2 N–H and O–H groups in total. The number of likely N-dealkylation sites (tertiary alicyclic amines) is 1. The Balaban J connectivity index is 2.12. The molecule has 1 aliphatic rings. The van der Waals surface area contributed by atoms with Crippen molar-refractivity contribution in [2.75, 3.05) is 32.6 Å². The van der Waals surface area contributed by atoms with Gasteiger partial charge in [-0.15, -0.1) is 0 Å². The van der Waals surface area contributed by atoms with Gasteiger partial charge in [-0.1, -0.05) is 6.92 Å². The van der Waals surface area contributed by atoms with E-state index < -0.39 is 11.9 Å². The van der Waals surface area contributed by atoms with Crippen LogP contribution >= 0.6 is 0 Å². The molecule has 2 amide bonds. The summed E-state index contributed by atoms with van der Waals surface area (Å²) in [5.74, 6) is -0.0557. The Morgan fingerprint density at radius 1 is 1.29 bits per heavy atom. The first-order chi connectivity index (χ1) is 11.4. The van der Waals surface area contributed by atoms with Gasteiger partial charge in [0.25, 0.3) is 0 Å². The topological polar surface area (TPSA) is 88.1 Å². The van der Waals surface area contributed by atoms with Gasteiger partial charge in [-0.2, -0.15) is 0 Å². The zero-order valence-corrected chi connectivity index (χ0v) is 14.5. The molecule has 2 atom stereocenters. The van der Waals surface area contributed by atoms with Crippen molar-refractivity contribution in [3.63, 3.8) is 0 Å². The van der Waals surface area contributed by atoms with E-state index in [9.17, 15) is 14.7 Å². The van der Waals surface area contributed by atoms with E-state index >= 15 is 0 Å². The molecule has 0 radical (unpaired) electrons. The molecule has 24 heavy (non-hydrogen) atoms. The lowest BCUT2D eigenvalue weighted by Gasteiger charge is -2.35. The molecular formula is C17H24N2O5. The fourth-order valence-corrected chi connectivity index (χ4v) is 3.01. The fourth-order valence-electron chi connectivity index (χ4n) is 3.01. The SMILES string of the molecule is COc1cc(NC(=O)N2CCC(C(=O)O)C(C)C2)c(C)c(OC)c1. The molecule has 1 aromatic carbocycles. The zero-order valence-electron chi connectivity index (χ0n) is 14.5. The van der Waals surface area contributed by atoms with E-state index in [0.717, 1.165) is 5.56 Å². The molecule has 2 unspecified atom stereocenters. The summed E-state index contributed by atoms with van der Waals surface area (Å²) in [5.41, 5.74) is 1.42. The number of carboxylic acid groups (broad SMARTS) is 1. The summed E-state index contributed by atoms with van der Waals surface area (Å²) in [6.45, 7) is 4.56. The van der Waals surface area contributed by atoms with Gasteiger partial charge in [-0.05, 0) is 19.3 Å². The van der Waals surface area contributed by atoms with Crippen LogP contribution in [0.2, 0.25) is 0 Å². The number of hydrogen-bond donors (Lipinski definition) is 2. The third-order valence-corrected chi connectivity index (χ3v) is 4.54. The number of benzene rings is 1. The Bertz CT molecular complexity index is 632. The predicted octanol–water partition coefficient (Wildman–Crippen LogP) is 2.59. The maximum absolute atomic E-state index is 12.5. The third kappa shape index (κ3) is 3.72. The van der Waals surface area contributed by atoms with Gasteiger partial charge in [0.2, 0.25) is 0 Å². The molecule has 0 saturated carbocycles. The maximum atomic E-state index is 12.5. The van der Waals surface area contributed by atoms with Gasteiger partial charge >= 0.3 is 12.0 Å². The van der Waals surface area contributed by atoms with Crippen molar-refractivity contribution in [3.05, 3.63) is 17.7 Å². The summed E-state index contributed by atoms with van der Waals surface area (Å²) in [6, 6.07) is 3.25. The largest absolute Gasteiger partial charge is 0.497 e. The summed E-state index contributed by atoms with van der Waals surface area (Å²) in [5, 5.41) is 12.0. The van der Waals surface area contributed by atoms with E-state index in [1.165, 1.54) is 0 Å². The van der Waals surface area contributed by atoms with Gasteiger partial charge in [0, 0.05) is 30.8 Å². The van der Waals surface area contributed by atoms with Gasteiger partial charge in [0.05, 0.1) is 25.8 Å². The molecule has 1 aliphatic heterocycles. The van der Waals surface area contributed by atoms with Crippen LogP contribution in [0.3, 0.4) is 0 Å². The summed E-state index contributed by atoms with van der Waals surface area (Å²) >= 11 is 0. The van der Waals surface area contributed by atoms with Crippen molar-refractivity contribution in [2.24, 2.45) is 11.8 Å². The quantitative estimate of drug-likeness (QED) is 0.882. The van der Waals surface area contributed by atoms with Crippen LogP contribution in [-0.4, -0.2) is 49.3 Å². The van der Waals surface area contributed by atoms with Crippen molar-refractivity contribution in [2.45, 2.75) is 20.3 Å². The average molecular weight is 336 g/mol. The molecule has 132 valence electrons. The second-order valence-electron chi connectivity index (χ2n) is 6.09. The van der Waals surface area contributed by atoms with Gasteiger partial charge in [0.15, 0.2) is 0 Å². The number of anilines is 1. The number of ether oxygens (including phenoxy) is 2. The standard InChI is InChI=1S/C17H24N2O5/c1-10-9-19(6-5-13(10)16(20)21)17(22)18-14-7-12(23-3)8-15(24-4)11(14)2/h7-8,10,13H,5-6,9H2,1-4H3,(H,18,22)(H,20,21). The Hall–Kier alpha value is -2.44. The number of nitrogens with one attached hydrogen (secondary N) is 1. The average Bonchev–Trinajstić information content (AvgIpc) is 2.56. The number of nitrogens with zero attached hydrogens (tertiary/aromatic N) is 1. The number of carbonyl (C=O) groups is 2. The summed E-state index contributed by atoms with van der Waals surface area (Å²) < 4.78 is 10.5. The minimum absolute atomic E-state index is 0.0806. The first kappa shape index (κ1) is 17.9. The van der Waals surface area contributed by atoms with Crippen LogP contribution in [0.4, 0.5) is 10.5 Å². The number of aliphatic carboxylic acids is 1. The molecule has 0 aliphatic carbocycles. The highest BCUT2D eigenvalue weighted by Crippen LogP contribution is 2.32. The second-order valence-corrected chi connectivity index (χ2v) is 6.09. The molecule has 1 heterocycles. The third-order valence-electron chi connectivity index (χ3n) is 4.54. The van der Waals surface area contributed by atoms with E-state index in [2.05, 4.69) is 5.32 Å². The van der Waals surface area contributed by atoms with Gasteiger partial charge < -0.3 is 24.8 Å². The van der Waals surface area contributed by atoms with E-state index in [1.54, 1.807) is 31.3 Å². The van der Waals surface area contributed by atoms with Crippen LogP contribution < -0.4 is 14.8 Å². The fraction of sp³-hybridized carbons (Fsp3) is 0.529. The number of amides is 2. The molecule has 1 fully saturated rings. The lowest BCUT2D eigenvalue weighted by atomic mass is 9.87. The first-order valence-corrected chi connectivity index (χ1v) is 7.88. The van der Waals surface area contributed by atoms with Crippen LogP contribution in [-0.2, 0) is 4.79 Å². The van der Waals surface area contributed by atoms with E-state index in [-0.39, 0.29) is 11.9 Å². The summed E-state index contributed by atoms with van der Waals surface area (Å²) in [6.07, 6.45) is 0.463. The van der Waals surface area contributed by atoms with Crippen LogP contribution in [0.1, 0.15) is 18.9 Å². The molecule has 0 aromatic heterocycles. The van der Waals surface area contributed by atoms with Crippen molar-refractivity contribution >= 4 is 17.7 Å². The maximum Gasteiger partial charge on any atom is 0.321 e. The Labute approximate surface area is 141 Å². The van der Waals surface area contributed by atoms with Gasteiger partial charge in [0.1, 0.15) is 11.5 Å². The van der Waals surface area contributed by atoms with Crippen molar-refractivity contribution < 1.29 is 24.2 Å². The lowest BCUT2D eigenvalue weighted by molar-refractivity contribution is -0.145. The van der Waals surface area contributed by atoms with Crippen LogP contribution in [0, 0.1) is 18.8 Å². The minimum atomic E-state index is -0.795. The number of methoxy groups -OCH3 is 2.